The number of nitrogens with one attached hydrogen (secondary N) is 1. The molecule has 0 heterocycles. The molecule has 0 unspecified atom stereocenters. The van der Waals surface area contributed by atoms with E-state index in [9.17, 15) is 0 Å². The maximum atomic E-state index is 3.51. The van der Waals surface area contributed by atoms with Crippen molar-refractivity contribution in [1.29, 1.82) is 0 Å². The van der Waals surface area contributed by atoms with Crippen LogP contribution in [0, 0.1) is 0 Å². The van der Waals surface area contributed by atoms with Crippen molar-refractivity contribution in [1.82, 2.24) is 5.32 Å². The third-order valence-corrected chi connectivity index (χ3v) is 2.43. The van der Waals surface area contributed by atoms with Gasteiger partial charge in [-0.3, -0.25) is 0 Å². The van der Waals surface area contributed by atoms with Crippen LogP contribution >= 0.6 is 15.9 Å². The Balaban J connectivity index is 2.57. The molecule has 0 aliphatic rings. The normalized spacial score (nSPS) is 10.7. The van der Waals surface area contributed by atoms with E-state index in [4.69, 9.17) is 0 Å². The van der Waals surface area contributed by atoms with Gasteiger partial charge < -0.3 is 5.32 Å². The summed E-state index contributed by atoms with van der Waals surface area (Å²) < 4.78 is 1.18. The summed E-state index contributed by atoms with van der Waals surface area (Å²) >= 11 is 3.51. The third kappa shape index (κ3) is 2.95. The third-order valence-electron chi connectivity index (χ3n) is 1.66. The molecule has 0 radical (unpaired) electrons. The molecule has 0 spiro atoms. The molecule has 66 valence electrons. The summed E-state index contributed by atoms with van der Waals surface area (Å²) in [5.74, 6) is 0. The Bertz CT molecular complexity index is 245. The molecule has 1 nitrogen and oxygen atoms in total. The summed E-state index contributed by atoms with van der Waals surface area (Å²) in [7, 11) is 0. The lowest BCUT2D eigenvalue weighted by Crippen LogP contribution is -2.21. The minimum Gasteiger partial charge on any atom is -0.310 e. The molecule has 2 heteroatoms. The van der Waals surface area contributed by atoms with Crippen molar-refractivity contribution in [3.8, 4) is 0 Å². The highest BCUT2D eigenvalue weighted by Crippen LogP contribution is 2.15. The average Bonchev–Trinajstić information content (AvgIpc) is 2.03. The zero-order chi connectivity index (χ0) is 8.97. The Kier molecular flexibility index (Phi) is 3.76. The van der Waals surface area contributed by atoms with Crippen molar-refractivity contribution in [3.63, 3.8) is 0 Å². The fraction of sp³-hybridized carbons (Fsp3) is 0.400. The number of rotatable bonds is 3. The first kappa shape index (κ1) is 9.75. The van der Waals surface area contributed by atoms with Crippen molar-refractivity contribution >= 4 is 15.9 Å². The zero-order valence-corrected chi connectivity index (χ0v) is 9.06. The Morgan fingerprint density at radius 3 is 2.58 bits per heavy atom. The van der Waals surface area contributed by atoms with Gasteiger partial charge in [-0.05, 0) is 11.6 Å². The molecule has 1 aromatic carbocycles. The van der Waals surface area contributed by atoms with E-state index in [0.717, 1.165) is 6.54 Å². The molecule has 0 bridgehead atoms. The fourth-order valence-electron chi connectivity index (χ4n) is 0.956. The molecule has 1 aromatic rings. The number of hydrogen-bond donors (Lipinski definition) is 1. The molecule has 1 N–H and O–H groups in total. The smallest absolute Gasteiger partial charge is 0.0220 e. The highest BCUT2D eigenvalue weighted by molar-refractivity contribution is 9.10. The molecular weight excluding hydrogens is 214 g/mol. The summed E-state index contributed by atoms with van der Waals surface area (Å²) in [6.07, 6.45) is 0. The van der Waals surface area contributed by atoms with E-state index in [2.05, 4.69) is 53.3 Å². The molecular formula is C10H14BrN. The van der Waals surface area contributed by atoms with E-state index >= 15 is 0 Å². The van der Waals surface area contributed by atoms with Crippen LogP contribution in [0.1, 0.15) is 19.4 Å². The second kappa shape index (κ2) is 4.63. The lowest BCUT2D eigenvalue weighted by atomic mass is 10.2. The lowest BCUT2D eigenvalue weighted by Gasteiger charge is -2.08. The summed E-state index contributed by atoms with van der Waals surface area (Å²) in [5.41, 5.74) is 1.31. The number of benzene rings is 1. The van der Waals surface area contributed by atoms with Crippen LogP contribution in [0.4, 0.5) is 0 Å². The van der Waals surface area contributed by atoms with Crippen LogP contribution in [0.15, 0.2) is 28.7 Å². The fourth-order valence-corrected chi connectivity index (χ4v) is 1.38. The second-order valence-electron chi connectivity index (χ2n) is 3.13. The van der Waals surface area contributed by atoms with Crippen molar-refractivity contribution in [2.24, 2.45) is 0 Å². The summed E-state index contributed by atoms with van der Waals surface area (Å²) in [6, 6.07) is 8.82. The highest BCUT2D eigenvalue weighted by Gasteiger charge is 1.98. The van der Waals surface area contributed by atoms with Gasteiger partial charge in [0.05, 0.1) is 0 Å². The van der Waals surface area contributed by atoms with E-state index in [1.165, 1.54) is 10.0 Å². The second-order valence-corrected chi connectivity index (χ2v) is 3.98. The quantitative estimate of drug-likeness (QED) is 0.838. The first-order valence-corrected chi connectivity index (χ1v) is 4.96. The van der Waals surface area contributed by atoms with Crippen LogP contribution in [0.5, 0.6) is 0 Å². The average molecular weight is 228 g/mol. The van der Waals surface area contributed by atoms with Crippen molar-refractivity contribution < 1.29 is 0 Å². The minimum absolute atomic E-state index is 0.539. The Labute approximate surface area is 82.3 Å². The van der Waals surface area contributed by atoms with E-state index in [1.54, 1.807) is 0 Å². The Morgan fingerprint density at radius 2 is 2.00 bits per heavy atom. The van der Waals surface area contributed by atoms with Gasteiger partial charge in [-0.2, -0.15) is 0 Å². The number of halogens is 1. The van der Waals surface area contributed by atoms with Crippen molar-refractivity contribution in [3.05, 3.63) is 34.3 Å². The van der Waals surface area contributed by atoms with Crippen LogP contribution in [-0.4, -0.2) is 6.04 Å². The van der Waals surface area contributed by atoms with Gasteiger partial charge in [0.1, 0.15) is 0 Å². The van der Waals surface area contributed by atoms with E-state index < -0.39 is 0 Å². The summed E-state index contributed by atoms with van der Waals surface area (Å²) in [5, 5.41) is 3.37. The van der Waals surface area contributed by atoms with Gasteiger partial charge in [0.15, 0.2) is 0 Å². The zero-order valence-electron chi connectivity index (χ0n) is 7.47. The largest absolute Gasteiger partial charge is 0.310 e. The van der Waals surface area contributed by atoms with Gasteiger partial charge >= 0.3 is 0 Å². The standard InChI is InChI=1S/C10H14BrN/c1-8(2)12-7-9-5-3-4-6-10(9)11/h3-6,8,12H,7H2,1-2H3. The summed E-state index contributed by atoms with van der Waals surface area (Å²) in [6.45, 7) is 5.23. The Hall–Kier alpha value is -0.340. The molecule has 0 fully saturated rings. The van der Waals surface area contributed by atoms with Crippen molar-refractivity contribution in [2.75, 3.05) is 0 Å². The molecule has 0 amide bonds. The first-order chi connectivity index (χ1) is 5.70. The first-order valence-electron chi connectivity index (χ1n) is 4.17. The maximum Gasteiger partial charge on any atom is 0.0220 e. The van der Waals surface area contributed by atoms with E-state index in [1.807, 2.05) is 6.07 Å². The van der Waals surface area contributed by atoms with E-state index in [-0.39, 0.29) is 0 Å². The highest BCUT2D eigenvalue weighted by atomic mass is 79.9. The van der Waals surface area contributed by atoms with Gasteiger partial charge in [0, 0.05) is 17.1 Å². The minimum atomic E-state index is 0.539. The van der Waals surface area contributed by atoms with Gasteiger partial charge in [0.2, 0.25) is 0 Å². The monoisotopic (exact) mass is 227 g/mol. The topological polar surface area (TPSA) is 12.0 Å². The van der Waals surface area contributed by atoms with Crippen LogP contribution in [0.25, 0.3) is 0 Å². The summed E-state index contributed by atoms with van der Waals surface area (Å²) in [4.78, 5) is 0. The van der Waals surface area contributed by atoms with Gasteiger partial charge in [-0.15, -0.1) is 0 Å². The maximum absolute atomic E-state index is 3.51. The van der Waals surface area contributed by atoms with Crippen LogP contribution < -0.4 is 5.32 Å². The molecule has 0 atom stereocenters. The van der Waals surface area contributed by atoms with Gasteiger partial charge in [-0.1, -0.05) is 48.0 Å². The molecule has 0 aromatic heterocycles. The number of hydrogen-bond acceptors (Lipinski definition) is 1. The Morgan fingerprint density at radius 1 is 1.33 bits per heavy atom. The van der Waals surface area contributed by atoms with Gasteiger partial charge in [0.25, 0.3) is 0 Å². The predicted molar refractivity (Wildman–Crippen MR) is 56.1 cm³/mol. The van der Waals surface area contributed by atoms with E-state index in [0.29, 0.717) is 6.04 Å². The molecule has 1 rings (SSSR count). The molecule has 0 aliphatic carbocycles. The SMILES string of the molecule is CC(C)NCc1ccccc1Br. The van der Waals surface area contributed by atoms with Crippen LogP contribution in [-0.2, 0) is 6.54 Å². The van der Waals surface area contributed by atoms with Gasteiger partial charge in [-0.25, -0.2) is 0 Å². The molecule has 12 heavy (non-hydrogen) atoms. The molecule has 0 saturated heterocycles. The van der Waals surface area contributed by atoms with Crippen molar-refractivity contribution in [2.45, 2.75) is 26.4 Å². The predicted octanol–water partition coefficient (Wildman–Crippen LogP) is 2.95. The van der Waals surface area contributed by atoms with Crippen LogP contribution in [0.2, 0.25) is 0 Å². The lowest BCUT2D eigenvalue weighted by molar-refractivity contribution is 0.588. The molecule has 0 aliphatic heterocycles. The van der Waals surface area contributed by atoms with Crippen LogP contribution in [0.3, 0.4) is 0 Å². The molecule has 0 saturated carbocycles.